The first kappa shape index (κ1) is 19.1. The lowest BCUT2D eigenvalue weighted by Crippen LogP contribution is -2.44. The molecule has 0 rings (SSSR count). The third kappa shape index (κ3) is 11.0. The van der Waals surface area contributed by atoms with E-state index in [2.05, 4.69) is 41.4 Å². The summed E-state index contributed by atoms with van der Waals surface area (Å²) in [5.74, 6) is 0.858. The molecular formula is C14H32N4O2. The summed E-state index contributed by atoms with van der Waals surface area (Å²) in [5, 5.41) is 6.57. The molecule has 0 saturated carbocycles. The smallest absolute Gasteiger partial charge is 0.191 e. The van der Waals surface area contributed by atoms with E-state index in [-0.39, 0.29) is 6.04 Å². The fraction of sp³-hybridized carbons (Fsp3) is 0.929. The Morgan fingerprint density at radius 1 is 1.25 bits per heavy atom. The first-order valence-electron chi connectivity index (χ1n) is 7.35. The highest BCUT2D eigenvalue weighted by molar-refractivity contribution is 5.80. The maximum Gasteiger partial charge on any atom is 0.191 e. The summed E-state index contributed by atoms with van der Waals surface area (Å²) < 4.78 is 10.2. The van der Waals surface area contributed by atoms with E-state index >= 15 is 0 Å². The average molecular weight is 288 g/mol. The molecule has 120 valence electrons. The van der Waals surface area contributed by atoms with Gasteiger partial charge in [-0.3, -0.25) is 4.99 Å². The van der Waals surface area contributed by atoms with Gasteiger partial charge in [-0.25, -0.2) is 0 Å². The highest BCUT2D eigenvalue weighted by atomic mass is 16.5. The van der Waals surface area contributed by atoms with Crippen molar-refractivity contribution in [1.82, 2.24) is 15.5 Å². The van der Waals surface area contributed by atoms with Crippen LogP contribution in [0, 0.1) is 0 Å². The molecule has 6 nitrogen and oxygen atoms in total. The molecule has 0 spiro atoms. The van der Waals surface area contributed by atoms with Gasteiger partial charge >= 0.3 is 0 Å². The van der Waals surface area contributed by atoms with Gasteiger partial charge in [-0.1, -0.05) is 0 Å². The normalized spacial score (nSPS) is 13.6. The predicted molar refractivity (Wildman–Crippen MR) is 84.4 cm³/mol. The molecule has 0 aromatic heterocycles. The average Bonchev–Trinajstić information content (AvgIpc) is 2.41. The highest BCUT2D eigenvalue weighted by Crippen LogP contribution is 1.90. The zero-order valence-electron chi connectivity index (χ0n) is 13.7. The number of ether oxygens (including phenoxy) is 2. The van der Waals surface area contributed by atoms with Crippen LogP contribution < -0.4 is 10.6 Å². The third-order valence-corrected chi connectivity index (χ3v) is 2.79. The molecule has 0 aliphatic carbocycles. The molecule has 0 aliphatic rings. The zero-order chi connectivity index (χ0) is 15.2. The number of rotatable bonds is 11. The van der Waals surface area contributed by atoms with Crippen molar-refractivity contribution in [3.05, 3.63) is 0 Å². The Morgan fingerprint density at radius 2 is 2.00 bits per heavy atom. The molecule has 20 heavy (non-hydrogen) atoms. The summed E-state index contributed by atoms with van der Waals surface area (Å²) in [6, 6.07) is 0.252. The Hall–Kier alpha value is -0.850. The number of aliphatic imine (C=N–C) groups is 1. The standard InChI is InChI=1S/C14H32N4O2/c1-6-15-14(17-13(2)12-20-5)16-8-7-9-18(3)10-11-19-4/h13H,6-12H2,1-5H3,(H2,15,16,17). The van der Waals surface area contributed by atoms with E-state index in [4.69, 9.17) is 9.47 Å². The maximum absolute atomic E-state index is 5.11. The molecule has 0 amide bonds. The molecule has 1 unspecified atom stereocenters. The second-order valence-electron chi connectivity index (χ2n) is 4.91. The lowest BCUT2D eigenvalue weighted by Gasteiger charge is -2.18. The van der Waals surface area contributed by atoms with Gasteiger partial charge in [0.2, 0.25) is 0 Å². The van der Waals surface area contributed by atoms with E-state index in [1.54, 1.807) is 14.2 Å². The summed E-state index contributed by atoms with van der Waals surface area (Å²) in [6.07, 6.45) is 1.04. The van der Waals surface area contributed by atoms with Crippen LogP contribution in [0.2, 0.25) is 0 Å². The fourth-order valence-electron chi connectivity index (χ4n) is 1.74. The molecule has 2 N–H and O–H groups in total. The van der Waals surface area contributed by atoms with Crippen molar-refractivity contribution in [2.75, 3.05) is 60.7 Å². The zero-order valence-corrected chi connectivity index (χ0v) is 13.7. The Kier molecular flexibility index (Phi) is 12.6. The van der Waals surface area contributed by atoms with Crippen molar-refractivity contribution >= 4 is 5.96 Å². The van der Waals surface area contributed by atoms with E-state index in [1.165, 1.54) is 0 Å². The van der Waals surface area contributed by atoms with Crippen molar-refractivity contribution in [2.45, 2.75) is 26.3 Å². The highest BCUT2D eigenvalue weighted by Gasteiger charge is 2.04. The molecule has 0 heterocycles. The number of guanidine groups is 1. The Bertz CT molecular complexity index is 249. The van der Waals surface area contributed by atoms with Crippen molar-refractivity contribution < 1.29 is 9.47 Å². The van der Waals surface area contributed by atoms with Gasteiger partial charge in [-0.15, -0.1) is 0 Å². The predicted octanol–water partition coefficient (Wildman–Crippen LogP) is 0.545. The van der Waals surface area contributed by atoms with Gasteiger partial charge in [0.05, 0.1) is 13.2 Å². The van der Waals surface area contributed by atoms with E-state index in [9.17, 15) is 0 Å². The molecule has 0 aliphatic heterocycles. The van der Waals surface area contributed by atoms with E-state index in [1.807, 2.05) is 0 Å². The van der Waals surface area contributed by atoms with Gasteiger partial charge in [0.15, 0.2) is 5.96 Å². The Morgan fingerprint density at radius 3 is 2.60 bits per heavy atom. The lowest BCUT2D eigenvalue weighted by molar-refractivity contribution is 0.161. The van der Waals surface area contributed by atoms with Gasteiger partial charge in [0, 0.05) is 39.9 Å². The second kappa shape index (κ2) is 13.1. The molecule has 0 saturated heterocycles. The lowest BCUT2D eigenvalue weighted by atomic mass is 10.3. The van der Waals surface area contributed by atoms with Crippen LogP contribution in [0.25, 0.3) is 0 Å². The van der Waals surface area contributed by atoms with Gasteiger partial charge in [-0.2, -0.15) is 0 Å². The summed E-state index contributed by atoms with van der Waals surface area (Å²) in [6.45, 7) is 9.25. The van der Waals surface area contributed by atoms with Crippen molar-refractivity contribution in [2.24, 2.45) is 4.99 Å². The fourth-order valence-corrected chi connectivity index (χ4v) is 1.74. The number of hydrogen-bond acceptors (Lipinski definition) is 4. The minimum atomic E-state index is 0.252. The molecule has 6 heteroatoms. The van der Waals surface area contributed by atoms with E-state index in [0.29, 0.717) is 6.61 Å². The summed E-state index contributed by atoms with van der Waals surface area (Å²) in [4.78, 5) is 6.83. The van der Waals surface area contributed by atoms with Crippen molar-refractivity contribution in [1.29, 1.82) is 0 Å². The van der Waals surface area contributed by atoms with Crippen LogP contribution in [0.4, 0.5) is 0 Å². The molecule has 0 bridgehead atoms. The number of methoxy groups -OCH3 is 2. The number of hydrogen-bond donors (Lipinski definition) is 2. The largest absolute Gasteiger partial charge is 0.383 e. The summed E-state index contributed by atoms with van der Waals surface area (Å²) >= 11 is 0. The van der Waals surface area contributed by atoms with Gasteiger partial charge < -0.3 is 25.0 Å². The second-order valence-corrected chi connectivity index (χ2v) is 4.91. The van der Waals surface area contributed by atoms with Crippen LogP contribution >= 0.6 is 0 Å². The van der Waals surface area contributed by atoms with E-state index in [0.717, 1.165) is 45.2 Å². The number of nitrogens with zero attached hydrogens (tertiary/aromatic N) is 2. The molecule has 0 radical (unpaired) electrons. The van der Waals surface area contributed by atoms with Crippen LogP contribution in [0.15, 0.2) is 4.99 Å². The summed E-state index contributed by atoms with van der Waals surface area (Å²) in [5.41, 5.74) is 0. The molecular weight excluding hydrogens is 256 g/mol. The van der Waals surface area contributed by atoms with Crippen LogP contribution in [-0.4, -0.2) is 77.6 Å². The maximum atomic E-state index is 5.11. The molecule has 0 aromatic rings. The minimum Gasteiger partial charge on any atom is -0.383 e. The van der Waals surface area contributed by atoms with Crippen molar-refractivity contribution in [3.63, 3.8) is 0 Å². The Balaban J connectivity index is 3.95. The van der Waals surface area contributed by atoms with Crippen molar-refractivity contribution in [3.8, 4) is 0 Å². The molecule has 1 atom stereocenters. The van der Waals surface area contributed by atoms with Gasteiger partial charge in [0.1, 0.15) is 0 Å². The van der Waals surface area contributed by atoms with Gasteiger partial charge in [0.25, 0.3) is 0 Å². The summed E-state index contributed by atoms with van der Waals surface area (Å²) in [7, 11) is 5.54. The number of nitrogens with one attached hydrogen (secondary N) is 2. The van der Waals surface area contributed by atoms with Gasteiger partial charge in [-0.05, 0) is 33.9 Å². The Labute approximate surface area is 123 Å². The molecule has 0 aromatic carbocycles. The first-order valence-corrected chi connectivity index (χ1v) is 7.35. The van der Waals surface area contributed by atoms with Crippen LogP contribution in [0.1, 0.15) is 20.3 Å². The minimum absolute atomic E-state index is 0.252. The van der Waals surface area contributed by atoms with Crippen LogP contribution in [0.5, 0.6) is 0 Å². The first-order chi connectivity index (χ1) is 9.63. The monoisotopic (exact) mass is 288 g/mol. The topological polar surface area (TPSA) is 58.1 Å². The quantitative estimate of drug-likeness (QED) is 0.330. The van der Waals surface area contributed by atoms with Crippen LogP contribution in [0.3, 0.4) is 0 Å². The molecule has 0 fully saturated rings. The third-order valence-electron chi connectivity index (χ3n) is 2.79. The van der Waals surface area contributed by atoms with Crippen LogP contribution in [-0.2, 0) is 9.47 Å². The number of likely N-dealkylation sites (N-methyl/N-ethyl adjacent to an activating group) is 1. The van der Waals surface area contributed by atoms with E-state index < -0.39 is 0 Å². The SMILES string of the molecule is CCNC(=NCCCN(C)CCOC)NC(C)COC.